The quantitative estimate of drug-likeness (QED) is 0.756. The lowest BCUT2D eigenvalue weighted by atomic mass is 9.51. The third-order valence-electron chi connectivity index (χ3n) is 4.91. The maximum Gasteiger partial charge on any atom is 0.164 e. The number of Topliss-reactive ketones (excluding diaryl/α,β-unsaturated/α-hetero) is 2. The number of aliphatic hydroxyl groups excluding tert-OH is 1. The van der Waals surface area contributed by atoms with Crippen LogP contribution in [0.1, 0.15) is 40.0 Å². The van der Waals surface area contributed by atoms with Crippen LogP contribution in [0.4, 0.5) is 0 Å². The predicted octanol–water partition coefficient (Wildman–Crippen LogP) is 1.89. The van der Waals surface area contributed by atoms with Crippen LogP contribution in [-0.4, -0.2) is 23.3 Å². The minimum atomic E-state index is -0.750. The molecule has 0 spiro atoms. The first-order valence-electron chi connectivity index (χ1n) is 6.22. The van der Waals surface area contributed by atoms with Gasteiger partial charge in [0, 0.05) is 11.8 Å². The average Bonchev–Trinajstić information content (AvgIpc) is 2.31. The number of fused-ring (bicyclic) bond motifs is 1. The fourth-order valence-electron chi connectivity index (χ4n) is 3.56. The Labute approximate surface area is 102 Å². The Morgan fingerprint density at radius 2 is 2.06 bits per heavy atom. The van der Waals surface area contributed by atoms with Crippen LogP contribution in [0.15, 0.2) is 11.6 Å². The fourth-order valence-corrected chi connectivity index (χ4v) is 3.56. The van der Waals surface area contributed by atoms with Crippen LogP contribution in [-0.2, 0) is 9.59 Å². The lowest BCUT2D eigenvalue weighted by Gasteiger charge is -2.51. The third kappa shape index (κ3) is 1.52. The van der Waals surface area contributed by atoms with Crippen molar-refractivity contribution in [2.75, 3.05) is 6.61 Å². The van der Waals surface area contributed by atoms with E-state index >= 15 is 0 Å². The van der Waals surface area contributed by atoms with Crippen molar-refractivity contribution in [1.82, 2.24) is 0 Å². The van der Waals surface area contributed by atoms with Crippen LogP contribution in [0.25, 0.3) is 0 Å². The highest BCUT2D eigenvalue weighted by molar-refractivity contribution is 6.02. The Balaban J connectivity index is 2.49. The minimum absolute atomic E-state index is 0.0579. The van der Waals surface area contributed by atoms with Crippen LogP contribution in [0.3, 0.4) is 0 Å². The maximum absolute atomic E-state index is 12.3. The van der Waals surface area contributed by atoms with E-state index in [4.69, 9.17) is 0 Å². The molecule has 1 unspecified atom stereocenters. The summed E-state index contributed by atoms with van der Waals surface area (Å²) >= 11 is 0. The molecule has 2 aliphatic carbocycles. The molecule has 3 heteroatoms. The van der Waals surface area contributed by atoms with E-state index in [0.29, 0.717) is 12.8 Å². The fraction of sp³-hybridized carbons (Fsp3) is 0.714. The highest BCUT2D eigenvalue weighted by Crippen LogP contribution is 2.54. The zero-order valence-electron chi connectivity index (χ0n) is 10.7. The number of carbonyl (C=O) groups excluding carboxylic acids is 2. The van der Waals surface area contributed by atoms with Gasteiger partial charge in [0.25, 0.3) is 0 Å². The van der Waals surface area contributed by atoms with Gasteiger partial charge in [-0.15, -0.1) is 0 Å². The molecule has 0 radical (unpaired) electrons. The zero-order valence-corrected chi connectivity index (χ0v) is 10.7. The summed E-state index contributed by atoms with van der Waals surface area (Å²) < 4.78 is 0. The van der Waals surface area contributed by atoms with Crippen molar-refractivity contribution in [2.45, 2.75) is 40.0 Å². The molecule has 0 aromatic heterocycles. The molecule has 17 heavy (non-hydrogen) atoms. The van der Waals surface area contributed by atoms with E-state index in [1.165, 1.54) is 0 Å². The van der Waals surface area contributed by atoms with Crippen LogP contribution in [0, 0.1) is 16.7 Å². The molecule has 3 atom stereocenters. The molecule has 2 aliphatic rings. The van der Waals surface area contributed by atoms with Gasteiger partial charge in [0.05, 0.1) is 12.0 Å². The molecule has 1 fully saturated rings. The Hall–Kier alpha value is -0.960. The van der Waals surface area contributed by atoms with Gasteiger partial charge >= 0.3 is 0 Å². The standard InChI is InChI=1S/C14H20O3/c1-9-4-5-10-13(2,12(9)17)7-6-11(16)14(10,3)8-15/h4,10,15H,5-8H2,1-3H3/t10-,13+,14?/m1/s1. The summed E-state index contributed by atoms with van der Waals surface area (Å²) in [5.41, 5.74) is -0.414. The van der Waals surface area contributed by atoms with Crippen molar-refractivity contribution >= 4 is 11.6 Å². The first kappa shape index (κ1) is 12.5. The van der Waals surface area contributed by atoms with E-state index in [1.54, 1.807) is 6.92 Å². The number of hydrogen-bond donors (Lipinski definition) is 1. The topological polar surface area (TPSA) is 54.4 Å². The summed E-state index contributed by atoms with van der Waals surface area (Å²) in [5.74, 6) is 0.196. The number of aliphatic hydroxyl groups is 1. The van der Waals surface area contributed by atoms with E-state index in [9.17, 15) is 14.7 Å². The summed E-state index contributed by atoms with van der Waals surface area (Å²) in [6, 6.07) is 0. The van der Waals surface area contributed by atoms with Gasteiger partial charge in [-0.1, -0.05) is 19.9 Å². The largest absolute Gasteiger partial charge is 0.395 e. The van der Waals surface area contributed by atoms with Gasteiger partial charge in [-0.3, -0.25) is 9.59 Å². The van der Waals surface area contributed by atoms with Crippen LogP contribution >= 0.6 is 0 Å². The first-order chi connectivity index (χ1) is 7.86. The van der Waals surface area contributed by atoms with Gasteiger partial charge in [-0.05, 0) is 31.3 Å². The van der Waals surface area contributed by atoms with Crippen LogP contribution < -0.4 is 0 Å². The SMILES string of the molecule is CC1=CC[C@H]2C(C)(CO)C(=O)CC[C@]2(C)C1=O. The van der Waals surface area contributed by atoms with Gasteiger partial charge in [-0.25, -0.2) is 0 Å². The van der Waals surface area contributed by atoms with Crippen molar-refractivity contribution < 1.29 is 14.7 Å². The predicted molar refractivity (Wildman–Crippen MR) is 64.4 cm³/mol. The molecule has 0 amide bonds. The van der Waals surface area contributed by atoms with Crippen molar-refractivity contribution in [3.8, 4) is 0 Å². The molecule has 0 bridgehead atoms. The Kier molecular flexibility index (Phi) is 2.77. The van der Waals surface area contributed by atoms with Gasteiger partial charge in [0.1, 0.15) is 5.78 Å². The molecule has 0 aromatic carbocycles. The summed E-state index contributed by atoms with van der Waals surface area (Å²) in [6.07, 6.45) is 3.66. The van der Waals surface area contributed by atoms with Gasteiger partial charge in [0.2, 0.25) is 0 Å². The Bertz CT molecular complexity index is 410. The lowest BCUT2D eigenvalue weighted by Crippen LogP contribution is -2.55. The summed E-state index contributed by atoms with van der Waals surface area (Å²) in [7, 11) is 0. The van der Waals surface area contributed by atoms with Gasteiger partial charge in [0.15, 0.2) is 5.78 Å². The smallest absolute Gasteiger partial charge is 0.164 e. The molecule has 0 saturated heterocycles. The normalized spacial score (nSPS) is 42.1. The molecule has 0 heterocycles. The lowest BCUT2D eigenvalue weighted by molar-refractivity contribution is -0.152. The van der Waals surface area contributed by atoms with E-state index in [1.807, 2.05) is 19.9 Å². The number of hydrogen-bond acceptors (Lipinski definition) is 3. The van der Waals surface area contributed by atoms with Crippen molar-refractivity contribution in [3.63, 3.8) is 0 Å². The monoisotopic (exact) mass is 236 g/mol. The van der Waals surface area contributed by atoms with Gasteiger partial charge < -0.3 is 5.11 Å². The zero-order chi connectivity index (χ0) is 12.8. The van der Waals surface area contributed by atoms with Crippen molar-refractivity contribution in [2.24, 2.45) is 16.7 Å². The summed E-state index contributed by atoms with van der Waals surface area (Å²) in [6.45, 7) is 5.44. The van der Waals surface area contributed by atoms with Crippen LogP contribution in [0.2, 0.25) is 0 Å². The number of allylic oxidation sites excluding steroid dienone is 2. The number of carbonyl (C=O) groups is 2. The number of ketones is 2. The molecule has 3 nitrogen and oxygen atoms in total. The molecule has 2 rings (SSSR count). The molecule has 1 N–H and O–H groups in total. The summed E-state index contributed by atoms with van der Waals surface area (Å²) in [5, 5.41) is 9.57. The summed E-state index contributed by atoms with van der Waals surface area (Å²) in [4.78, 5) is 24.4. The highest BCUT2D eigenvalue weighted by atomic mass is 16.3. The van der Waals surface area contributed by atoms with E-state index in [-0.39, 0.29) is 24.1 Å². The minimum Gasteiger partial charge on any atom is -0.395 e. The van der Waals surface area contributed by atoms with Crippen LogP contribution in [0.5, 0.6) is 0 Å². The van der Waals surface area contributed by atoms with E-state index < -0.39 is 10.8 Å². The molecule has 94 valence electrons. The Morgan fingerprint density at radius 1 is 1.41 bits per heavy atom. The first-order valence-corrected chi connectivity index (χ1v) is 6.22. The molecule has 0 aromatic rings. The molecule has 0 aliphatic heterocycles. The second-order valence-corrected chi connectivity index (χ2v) is 5.92. The molecule has 1 saturated carbocycles. The third-order valence-corrected chi connectivity index (χ3v) is 4.91. The van der Waals surface area contributed by atoms with E-state index in [0.717, 1.165) is 12.0 Å². The van der Waals surface area contributed by atoms with Crippen molar-refractivity contribution in [1.29, 1.82) is 0 Å². The molecular formula is C14H20O3. The Morgan fingerprint density at radius 3 is 2.65 bits per heavy atom. The maximum atomic E-state index is 12.3. The average molecular weight is 236 g/mol. The molecular weight excluding hydrogens is 216 g/mol. The van der Waals surface area contributed by atoms with Crippen molar-refractivity contribution in [3.05, 3.63) is 11.6 Å². The van der Waals surface area contributed by atoms with E-state index in [2.05, 4.69) is 0 Å². The number of rotatable bonds is 1. The second-order valence-electron chi connectivity index (χ2n) is 5.92. The highest BCUT2D eigenvalue weighted by Gasteiger charge is 2.57. The second kappa shape index (κ2) is 3.77. The van der Waals surface area contributed by atoms with Gasteiger partial charge in [-0.2, -0.15) is 0 Å².